The number of hydrogen-bond donors (Lipinski definition) is 2. The second kappa shape index (κ2) is 13.4. The topological polar surface area (TPSA) is 84.0 Å². The molecule has 4 aromatic rings. The maximum Gasteiger partial charge on any atom is 0.187 e. The Morgan fingerprint density at radius 2 is 1.05 bits per heavy atom. The van der Waals surface area contributed by atoms with Crippen molar-refractivity contribution in [2.24, 2.45) is 0 Å². The molecule has 0 unspecified atom stereocenters. The van der Waals surface area contributed by atoms with Gasteiger partial charge in [0.1, 0.15) is 0 Å². The first kappa shape index (κ1) is 29.1. The summed E-state index contributed by atoms with van der Waals surface area (Å²) in [6.45, 7) is 0. The molecule has 1 radical (unpaired) electrons. The Labute approximate surface area is 259 Å². The number of ketones is 2. The first-order chi connectivity index (χ1) is 18.4. The van der Waals surface area contributed by atoms with Crippen LogP contribution in [-0.4, -0.2) is 21.5 Å². The third-order valence-electron chi connectivity index (χ3n) is 5.23. The number of thiazole rings is 2. The fraction of sp³-hybridized carbons (Fsp3) is 0. The molecule has 199 valence electrons. The van der Waals surface area contributed by atoms with Crippen molar-refractivity contribution < 1.29 is 26.7 Å². The molecule has 0 saturated heterocycles. The van der Waals surface area contributed by atoms with E-state index in [2.05, 4.69) is 52.5 Å². The minimum Gasteiger partial charge on any atom is -0.337 e. The van der Waals surface area contributed by atoms with Gasteiger partial charge in [0, 0.05) is 49.6 Å². The van der Waals surface area contributed by atoms with Gasteiger partial charge in [0.05, 0.1) is 20.4 Å². The van der Waals surface area contributed by atoms with Crippen molar-refractivity contribution in [2.75, 3.05) is 10.6 Å². The normalized spacial score (nSPS) is 16.6. The van der Waals surface area contributed by atoms with E-state index in [1.54, 1.807) is 59.4 Å². The smallest absolute Gasteiger partial charge is 0.187 e. The number of halogens is 2. The second-order valence-electron chi connectivity index (χ2n) is 7.92. The number of allylic oxidation sites excluding steroid dienone is 10. The summed E-state index contributed by atoms with van der Waals surface area (Å²) in [4.78, 5) is 32.2. The van der Waals surface area contributed by atoms with Crippen LogP contribution in [0.15, 0.2) is 117 Å². The van der Waals surface area contributed by atoms with Crippen molar-refractivity contribution in [2.45, 2.75) is 0 Å². The SMILES string of the molecule is O=C1C=CC(Br)=C/C1=C/Nc1nc2ccccc2s1.O=C1C=CC(Br)=C/C1=C/Nc1nc2ccccc2s1.[Cu]. The zero-order valence-corrected chi connectivity index (χ0v) is 25.6. The summed E-state index contributed by atoms with van der Waals surface area (Å²) in [6.07, 6.45) is 13.5. The molecular weight excluding hydrogens is 712 g/mol. The van der Waals surface area contributed by atoms with Gasteiger partial charge in [-0.05, 0) is 60.7 Å². The molecular formula is C28H18Br2CuN4O2S2. The van der Waals surface area contributed by atoms with Gasteiger partial charge < -0.3 is 10.6 Å². The van der Waals surface area contributed by atoms with Gasteiger partial charge in [-0.15, -0.1) is 0 Å². The maximum atomic E-state index is 11.7. The van der Waals surface area contributed by atoms with Gasteiger partial charge in [0.25, 0.3) is 0 Å². The van der Waals surface area contributed by atoms with Crippen molar-refractivity contribution in [1.82, 2.24) is 9.97 Å². The van der Waals surface area contributed by atoms with Crippen molar-refractivity contribution in [3.8, 4) is 0 Å². The fourth-order valence-corrected chi connectivity index (χ4v) is 5.84. The molecule has 2 heterocycles. The zero-order chi connectivity index (χ0) is 26.5. The predicted molar refractivity (Wildman–Crippen MR) is 165 cm³/mol. The maximum absolute atomic E-state index is 11.7. The van der Waals surface area contributed by atoms with E-state index >= 15 is 0 Å². The second-order valence-corrected chi connectivity index (χ2v) is 11.8. The number of carbonyl (C=O) groups excluding carboxylic acids is 2. The summed E-state index contributed by atoms with van der Waals surface area (Å²) >= 11 is 9.82. The molecule has 2 aliphatic rings. The number of hydrogen-bond acceptors (Lipinski definition) is 8. The van der Waals surface area contributed by atoms with Crippen LogP contribution in [0.1, 0.15) is 0 Å². The first-order valence-electron chi connectivity index (χ1n) is 11.3. The fourth-order valence-electron chi connectivity index (χ4n) is 3.41. The molecule has 0 bridgehead atoms. The molecule has 2 aromatic heterocycles. The summed E-state index contributed by atoms with van der Waals surface area (Å²) in [5, 5.41) is 7.72. The summed E-state index contributed by atoms with van der Waals surface area (Å²) in [6, 6.07) is 15.9. The Kier molecular flexibility index (Phi) is 10.0. The largest absolute Gasteiger partial charge is 0.337 e. The number of aromatic nitrogens is 2. The molecule has 6 nitrogen and oxygen atoms in total. The Hall–Kier alpha value is -2.92. The van der Waals surface area contributed by atoms with Crippen LogP contribution in [-0.2, 0) is 26.7 Å². The van der Waals surface area contributed by atoms with Crippen molar-refractivity contribution in [3.05, 3.63) is 117 Å². The van der Waals surface area contributed by atoms with E-state index in [4.69, 9.17) is 0 Å². The van der Waals surface area contributed by atoms with E-state index in [-0.39, 0.29) is 28.6 Å². The van der Waals surface area contributed by atoms with Gasteiger partial charge in [-0.3, -0.25) is 9.59 Å². The molecule has 2 N–H and O–H groups in total. The third kappa shape index (κ3) is 7.60. The van der Waals surface area contributed by atoms with Gasteiger partial charge in [-0.2, -0.15) is 0 Å². The van der Waals surface area contributed by atoms with Crippen LogP contribution >= 0.6 is 54.5 Å². The summed E-state index contributed by atoms with van der Waals surface area (Å²) < 4.78 is 4.00. The number of rotatable bonds is 4. The molecule has 0 fully saturated rings. The Morgan fingerprint density at radius 3 is 1.46 bits per heavy atom. The molecule has 0 atom stereocenters. The van der Waals surface area contributed by atoms with Crippen molar-refractivity contribution >= 4 is 96.8 Å². The van der Waals surface area contributed by atoms with E-state index in [1.165, 1.54) is 12.2 Å². The average molecular weight is 730 g/mol. The standard InChI is InChI=1S/2C14H9BrN2OS.Cu/c2*15-10-5-6-12(18)9(7-10)8-16-14-17-11-3-1-2-4-13(11)19-14;/h2*1-8H,(H,16,17);/b2*9-8-;. The zero-order valence-electron chi connectivity index (χ0n) is 19.8. The number of nitrogens with zero attached hydrogens (tertiary/aromatic N) is 2. The molecule has 39 heavy (non-hydrogen) atoms. The molecule has 2 aliphatic carbocycles. The van der Waals surface area contributed by atoms with Crippen LogP contribution in [0.2, 0.25) is 0 Å². The molecule has 0 saturated carbocycles. The first-order valence-corrected chi connectivity index (χ1v) is 14.5. The molecule has 2 aromatic carbocycles. The van der Waals surface area contributed by atoms with Crippen molar-refractivity contribution in [3.63, 3.8) is 0 Å². The Morgan fingerprint density at radius 1 is 0.641 bits per heavy atom. The van der Waals surface area contributed by atoms with E-state index < -0.39 is 0 Å². The molecule has 0 aliphatic heterocycles. The summed E-state index contributed by atoms with van der Waals surface area (Å²) in [5.74, 6) is -0.0337. The van der Waals surface area contributed by atoms with Gasteiger partial charge in [-0.1, -0.05) is 78.8 Å². The minimum absolute atomic E-state index is 0. The van der Waals surface area contributed by atoms with Crippen LogP contribution in [0.4, 0.5) is 10.3 Å². The van der Waals surface area contributed by atoms with Crippen molar-refractivity contribution in [1.29, 1.82) is 0 Å². The molecule has 6 rings (SSSR count). The third-order valence-corrected chi connectivity index (χ3v) is 8.16. The number of benzene rings is 2. The Bertz CT molecular complexity index is 1550. The van der Waals surface area contributed by atoms with Crippen LogP contribution in [0.25, 0.3) is 20.4 Å². The molecule has 0 spiro atoms. The number of para-hydroxylation sites is 2. The van der Waals surface area contributed by atoms with E-state index in [9.17, 15) is 9.59 Å². The van der Waals surface area contributed by atoms with Crippen LogP contribution in [0.3, 0.4) is 0 Å². The Balaban J connectivity index is 0.000000176. The number of carbonyl (C=O) groups is 2. The average Bonchev–Trinajstić information content (AvgIpc) is 3.53. The number of nitrogens with one attached hydrogen (secondary N) is 2. The molecule has 11 heteroatoms. The van der Waals surface area contributed by atoms with Crippen LogP contribution in [0, 0.1) is 0 Å². The van der Waals surface area contributed by atoms with Gasteiger partial charge in [0.15, 0.2) is 21.8 Å². The number of fused-ring (bicyclic) bond motifs is 2. The van der Waals surface area contributed by atoms with E-state index in [0.717, 1.165) is 39.7 Å². The van der Waals surface area contributed by atoms with Crippen LogP contribution in [0.5, 0.6) is 0 Å². The number of anilines is 2. The van der Waals surface area contributed by atoms with E-state index in [0.29, 0.717) is 11.1 Å². The quantitative estimate of drug-likeness (QED) is 0.164. The van der Waals surface area contributed by atoms with E-state index in [1.807, 2.05) is 48.5 Å². The molecule has 0 amide bonds. The predicted octanol–water partition coefficient (Wildman–Crippen LogP) is 8.02. The minimum atomic E-state index is -0.0168. The summed E-state index contributed by atoms with van der Waals surface area (Å²) in [5.41, 5.74) is 3.13. The van der Waals surface area contributed by atoms with Gasteiger partial charge in [-0.25, -0.2) is 9.97 Å². The van der Waals surface area contributed by atoms with Gasteiger partial charge in [0.2, 0.25) is 0 Å². The summed E-state index contributed by atoms with van der Waals surface area (Å²) in [7, 11) is 0. The van der Waals surface area contributed by atoms with Gasteiger partial charge >= 0.3 is 0 Å². The monoisotopic (exact) mass is 727 g/mol. The van der Waals surface area contributed by atoms with Crippen LogP contribution < -0.4 is 10.6 Å².